The molecule has 9 nitrogen and oxygen atoms in total. The van der Waals surface area contributed by atoms with Gasteiger partial charge in [0.2, 0.25) is 11.9 Å². The van der Waals surface area contributed by atoms with Crippen molar-refractivity contribution < 1.29 is 18.0 Å². The van der Waals surface area contributed by atoms with Gasteiger partial charge in [-0.15, -0.1) is 0 Å². The summed E-state index contributed by atoms with van der Waals surface area (Å²) in [5.41, 5.74) is 2.31. The molecule has 1 amide bonds. The zero-order chi connectivity index (χ0) is 33.4. The van der Waals surface area contributed by atoms with Crippen molar-refractivity contribution >= 4 is 29.0 Å². The first-order valence-corrected chi connectivity index (χ1v) is 17.7. The molecule has 0 spiro atoms. The third-order valence-corrected chi connectivity index (χ3v) is 9.77. The predicted molar refractivity (Wildman–Crippen MR) is 183 cm³/mol. The number of aromatic nitrogens is 2. The van der Waals surface area contributed by atoms with Crippen LogP contribution in [0.2, 0.25) is 0 Å². The fraction of sp³-hybridized carbons (Fsp3) is 0.686. The van der Waals surface area contributed by atoms with Crippen LogP contribution in [0.3, 0.4) is 0 Å². The van der Waals surface area contributed by atoms with Crippen molar-refractivity contribution in [2.24, 2.45) is 0 Å². The Kier molecular flexibility index (Phi) is 12.2. The van der Waals surface area contributed by atoms with E-state index in [1.54, 1.807) is 0 Å². The Morgan fingerprint density at radius 3 is 2.36 bits per heavy atom. The van der Waals surface area contributed by atoms with Crippen molar-refractivity contribution in [3.05, 3.63) is 35.5 Å². The lowest BCUT2D eigenvalue weighted by Crippen LogP contribution is -2.53. The average Bonchev–Trinajstić information content (AvgIpc) is 3.90. The van der Waals surface area contributed by atoms with Crippen molar-refractivity contribution in [3.8, 4) is 0 Å². The molecule has 5 rings (SSSR count). The van der Waals surface area contributed by atoms with Crippen LogP contribution in [0.5, 0.6) is 0 Å². The molecule has 3 fully saturated rings. The van der Waals surface area contributed by atoms with E-state index in [2.05, 4.69) is 61.4 Å². The van der Waals surface area contributed by atoms with Crippen molar-refractivity contribution in [3.63, 3.8) is 0 Å². The van der Waals surface area contributed by atoms with Crippen LogP contribution in [0.15, 0.2) is 24.4 Å². The zero-order valence-electron chi connectivity index (χ0n) is 28.4. The summed E-state index contributed by atoms with van der Waals surface area (Å²) in [7, 11) is 2.20. The normalized spacial score (nSPS) is 18.4. The second kappa shape index (κ2) is 16.3. The molecule has 1 aliphatic carbocycles. The number of rotatable bonds is 15. The van der Waals surface area contributed by atoms with Crippen molar-refractivity contribution in [1.82, 2.24) is 24.7 Å². The number of halogens is 3. The van der Waals surface area contributed by atoms with E-state index in [-0.39, 0.29) is 24.2 Å². The van der Waals surface area contributed by atoms with Crippen LogP contribution in [0.1, 0.15) is 88.7 Å². The van der Waals surface area contributed by atoms with E-state index in [0.717, 1.165) is 70.2 Å². The number of amides is 1. The maximum Gasteiger partial charge on any atom is 0.421 e. The van der Waals surface area contributed by atoms with Gasteiger partial charge in [0, 0.05) is 75.8 Å². The molecule has 1 saturated carbocycles. The molecule has 260 valence electrons. The second-order valence-corrected chi connectivity index (χ2v) is 13.4. The Bertz CT molecular complexity index is 1300. The predicted octanol–water partition coefficient (Wildman–Crippen LogP) is 6.56. The molecule has 2 aromatic rings. The van der Waals surface area contributed by atoms with Gasteiger partial charge in [0.15, 0.2) is 0 Å². The lowest BCUT2D eigenvalue weighted by Gasteiger charge is -2.43. The van der Waals surface area contributed by atoms with Crippen LogP contribution in [0.25, 0.3) is 0 Å². The third kappa shape index (κ3) is 9.72. The van der Waals surface area contributed by atoms with Gasteiger partial charge in [-0.3, -0.25) is 9.69 Å². The van der Waals surface area contributed by atoms with E-state index < -0.39 is 11.7 Å². The molecule has 3 aliphatic rings. The number of nitrogens with zero attached hydrogens (tertiary/aromatic N) is 6. The molecular formula is C35H53F3N8O. The topological polar surface area (TPSA) is 79.9 Å². The van der Waals surface area contributed by atoms with E-state index in [1.807, 2.05) is 17.9 Å². The van der Waals surface area contributed by atoms with Crippen LogP contribution in [0, 0.1) is 0 Å². The van der Waals surface area contributed by atoms with Crippen molar-refractivity contribution in [2.45, 2.75) is 89.8 Å². The highest BCUT2D eigenvalue weighted by molar-refractivity contribution is 5.76. The molecule has 1 aromatic heterocycles. The largest absolute Gasteiger partial charge is 0.421 e. The zero-order valence-corrected chi connectivity index (χ0v) is 28.4. The Morgan fingerprint density at radius 2 is 1.70 bits per heavy atom. The van der Waals surface area contributed by atoms with E-state index in [4.69, 9.17) is 0 Å². The molecule has 3 heterocycles. The summed E-state index contributed by atoms with van der Waals surface area (Å²) < 4.78 is 41.7. The number of anilines is 4. The van der Waals surface area contributed by atoms with Gasteiger partial charge in [0.1, 0.15) is 11.4 Å². The van der Waals surface area contributed by atoms with E-state index in [1.165, 1.54) is 37.2 Å². The van der Waals surface area contributed by atoms with Gasteiger partial charge in [-0.2, -0.15) is 18.2 Å². The van der Waals surface area contributed by atoms with Crippen LogP contribution in [0.4, 0.5) is 36.3 Å². The number of piperidine rings is 1. The minimum Gasteiger partial charge on any atom is -0.369 e. The minimum atomic E-state index is -4.59. The third-order valence-electron chi connectivity index (χ3n) is 9.77. The number of hydrogen-bond acceptors (Lipinski definition) is 8. The summed E-state index contributed by atoms with van der Waals surface area (Å²) >= 11 is 0. The SMILES string of the molecule is CCCCN(CCCNc1nc(Nc2ccc(N3CCN(C4CCN(C)CC4)CC3)cc2C2CC2)ncc1C(F)(F)F)C(=O)CCC. The molecule has 47 heavy (non-hydrogen) atoms. The molecule has 2 N–H and O–H groups in total. The minimum absolute atomic E-state index is 0.0952. The molecule has 2 aliphatic heterocycles. The van der Waals surface area contributed by atoms with Gasteiger partial charge in [-0.25, -0.2) is 4.98 Å². The van der Waals surface area contributed by atoms with Gasteiger partial charge in [-0.1, -0.05) is 20.3 Å². The van der Waals surface area contributed by atoms with Gasteiger partial charge >= 0.3 is 6.18 Å². The first-order valence-electron chi connectivity index (χ1n) is 17.7. The van der Waals surface area contributed by atoms with Gasteiger partial charge in [-0.05, 0) is 94.8 Å². The molecule has 12 heteroatoms. The standard InChI is InChI=1S/C35H53F3N8O/c1-4-6-16-46(32(47)8-5-2)17-7-15-39-33-30(35(36,37)38)25-40-34(42-33)41-31-12-11-28(24-29(31)26-9-10-26)45-22-20-44(21-23-45)27-13-18-43(3)19-14-27/h11-12,24-27H,4-10,13-23H2,1-3H3,(H2,39,40,41,42). The fourth-order valence-electron chi connectivity index (χ4n) is 6.76. The number of benzene rings is 1. The molecule has 2 saturated heterocycles. The molecule has 0 unspecified atom stereocenters. The summed E-state index contributed by atoms with van der Waals surface area (Å²) in [5.74, 6) is 0.403. The maximum atomic E-state index is 13.9. The summed E-state index contributed by atoms with van der Waals surface area (Å²) in [4.78, 5) is 30.2. The van der Waals surface area contributed by atoms with Crippen molar-refractivity contribution in [2.75, 3.05) is 81.5 Å². The van der Waals surface area contributed by atoms with Gasteiger partial charge < -0.3 is 25.3 Å². The number of likely N-dealkylation sites (tertiary alicyclic amines) is 1. The first-order chi connectivity index (χ1) is 22.7. The second-order valence-electron chi connectivity index (χ2n) is 13.4. The quantitative estimate of drug-likeness (QED) is 0.208. The molecule has 0 atom stereocenters. The van der Waals surface area contributed by atoms with E-state index >= 15 is 0 Å². The summed E-state index contributed by atoms with van der Waals surface area (Å²) in [6, 6.07) is 7.06. The number of hydrogen-bond donors (Lipinski definition) is 2. The van der Waals surface area contributed by atoms with E-state index in [0.29, 0.717) is 37.9 Å². The number of unbranched alkanes of at least 4 members (excludes halogenated alkanes) is 1. The molecule has 0 bridgehead atoms. The summed E-state index contributed by atoms with van der Waals surface area (Å²) in [5, 5.41) is 6.14. The number of carbonyl (C=O) groups is 1. The Balaban J connectivity index is 1.23. The maximum absolute atomic E-state index is 13.9. The van der Waals surface area contributed by atoms with Gasteiger partial charge in [0.05, 0.1) is 0 Å². The Hall–Kier alpha value is -3.12. The smallest absolute Gasteiger partial charge is 0.369 e. The highest BCUT2D eigenvalue weighted by atomic mass is 19.4. The average molecular weight is 659 g/mol. The van der Waals surface area contributed by atoms with Crippen LogP contribution in [-0.4, -0.2) is 103 Å². The molecular weight excluding hydrogens is 605 g/mol. The first kappa shape index (κ1) is 35.2. The van der Waals surface area contributed by atoms with Crippen LogP contribution < -0.4 is 15.5 Å². The highest BCUT2D eigenvalue weighted by Crippen LogP contribution is 2.45. The fourth-order valence-corrected chi connectivity index (χ4v) is 6.76. The van der Waals surface area contributed by atoms with E-state index in [9.17, 15) is 18.0 Å². The molecule has 0 radical (unpaired) electrons. The van der Waals surface area contributed by atoms with Crippen molar-refractivity contribution in [1.29, 1.82) is 0 Å². The Labute approximate surface area is 278 Å². The van der Waals surface area contributed by atoms with Gasteiger partial charge in [0.25, 0.3) is 0 Å². The lowest BCUT2D eigenvalue weighted by atomic mass is 10.0. The van der Waals surface area contributed by atoms with Crippen LogP contribution >= 0.6 is 0 Å². The Morgan fingerprint density at radius 1 is 0.979 bits per heavy atom. The number of carbonyl (C=O) groups excluding carboxylic acids is 1. The lowest BCUT2D eigenvalue weighted by molar-refractivity contribution is -0.137. The monoisotopic (exact) mass is 658 g/mol. The number of piperazine rings is 1. The number of nitrogens with one attached hydrogen (secondary N) is 2. The summed E-state index contributed by atoms with van der Waals surface area (Å²) in [6.45, 7) is 11.9. The van der Waals surface area contributed by atoms with Crippen LogP contribution in [-0.2, 0) is 11.0 Å². The highest BCUT2D eigenvalue weighted by Gasteiger charge is 2.36. The molecule has 1 aromatic carbocycles. The summed E-state index contributed by atoms with van der Waals surface area (Å²) in [6.07, 6.45) is 4.57. The number of alkyl halides is 3.